The Balaban J connectivity index is 1.92. The van der Waals surface area contributed by atoms with Gasteiger partial charge in [0.15, 0.2) is 0 Å². The van der Waals surface area contributed by atoms with Gasteiger partial charge < -0.3 is 5.32 Å². The SMILES string of the molecule is CC(=O)Nc1ccc(C(=O)NNC(=O)c2ccc(Br)cc2)cc1. The number of hydrazine groups is 1. The molecule has 3 N–H and O–H groups in total. The lowest BCUT2D eigenvalue weighted by atomic mass is 10.2. The quantitative estimate of drug-likeness (QED) is 0.720. The Morgan fingerprint density at radius 2 is 1.22 bits per heavy atom. The fourth-order valence-corrected chi connectivity index (χ4v) is 2.03. The Labute approximate surface area is 141 Å². The molecule has 0 unspecified atom stereocenters. The van der Waals surface area contributed by atoms with Crippen LogP contribution in [0.25, 0.3) is 0 Å². The Bertz CT molecular complexity index is 727. The second kappa shape index (κ2) is 7.55. The highest BCUT2D eigenvalue weighted by Gasteiger charge is 2.09. The van der Waals surface area contributed by atoms with E-state index in [1.54, 1.807) is 48.5 Å². The number of carbonyl (C=O) groups excluding carboxylic acids is 3. The normalized spacial score (nSPS) is 9.83. The maximum Gasteiger partial charge on any atom is 0.269 e. The minimum atomic E-state index is -0.454. The number of halogens is 1. The van der Waals surface area contributed by atoms with Crippen molar-refractivity contribution in [3.63, 3.8) is 0 Å². The van der Waals surface area contributed by atoms with E-state index in [2.05, 4.69) is 32.1 Å². The minimum Gasteiger partial charge on any atom is -0.326 e. The molecule has 0 fully saturated rings. The first-order chi connectivity index (χ1) is 11.0. The molecule has 0 saturated carbocycles. The first-order valence-electron chi connectivity index (χ1n) is 6.69. The molecule has 118 valence electrons. The van der Waals surface area contributed by atoms with Crippen LogP contribution in [0.3, 0.4) is 0 Å². The molecule has 0 aliphatic heterocycles. The maximum absolute atomic E-state index is 11.9. The molecular weight excluding hydrogens is 362 g/mol. The van der Waals surface area contributed by atoms with Crippen molar-refractivity contribution in [1.29, 1.82) is 0 Å². The predicted octanol–water partition coefficient (Wildman–Crippen LogP) is 2.48. The topological polar surface area (TPSA) is 87.3 Å². The Morgan fingerprint density at radius 3 is 1.65 bits per heavy atom. The summed E-state index contributed by atoms with van der Waals surface area (Å²) in [5.41, 5.74) is 6.05. The lowest BCUT2D eigenvalue weighted by Gasteiger charge is -2.08. The molecule has 2 aromatic carbocycles. The van der Waals surface area contributed by atoms with Crippen molar-refractivity contribution in [2.75, 3.05) is 5.32 Å². The molecule has 0 atom stereocenters. The van der Waals surface area contributed by atoms with E-state index in [0.717, 1.165) is 4.47 Å². The molecule has 23 heavy (non-hydrogen) atoms. The predicted molar refractivity (Wildman–Crippen MR) is 89.8 cm³/mol. The summed E-state index contributed by atoms with van der Waals surface area (Å²) in [4.78, 5) is 34.8. The Hall–Kier alpha value is -2.67. The van der Waals surface area contributed by atoms with Crippen LogP contribution in [0.15, 0.2) is 53.0 Å². The zero-order valence-electron chi connectivity index (χ0n) is 12.2. The van der Waals surface area contributed by atoms with E-state index < -0.39 is 11.8 Å². The van der Waals surface area contributed by atoms with Gasteiger partial charge in [-0.15, -0.1) is 0 Å². The Kier molecular flexibility index (Phi) is 5.48. The van der Waals surface area contributed by atoms with Gasteiger partial charge in [0.25, 0.3) is 11.8 Å². The van der Waals surface area contributed by atoms with Crippen molar-refractivity contribution >= 4 is 39.3 Å². The van der Waals surface area contributed by atoms with Crippen LogP contribution in [0.4, 0.5) is 5.69 Å². The van der Waals surface area contributed by atoms with Crippen molar-refractivity contribution in [3.05, 3.63) is 64.1 Å². The van der Waals surface area contributed by atoms with Crippen molar-refractivity contribution in [2.45, 2.75) is 6.92 Å². The highest BCUT2D eigenvalue weighted by Crippen LogP contribution is 2.11. The lowest BCUT2D eigenvalue weighted by Crippen LogP contribution is -2.41. The summed E-state index contributed by atoms with van der Waals surface area (Å²) in [6.45, 7) is 1.40. The summed E-state index contributed by atoms with van der Waals surface area (Å²) in [6.07, 6.45) is 0. The summed E-state index contributed by atoms with van der Waals surface area (Å²) in [5, 5.41) is 2.60. The highest BCUT2D eigenvalue weighted by atomic mass is 79.9. The molecule has 2 rings (SSSR count). The summed E-state index contributed by atoms with van der Waals surface area (Å²) in [6, 6.07) is 13.0. The molecular formula is C16H14BrN3O3. The van der Waals surface area contributed by atoms with E-state index in [-0.39, 0.29) is 5.91 Å². The van der Waals surface area contributed by atoms with Gasteiger partial charge in [-0.3, -0.25) is 25.2 Å². The first kappa shape index (κ1) is 16.7. The average Bonchev–Trinajstić information content (AvgIpc) is 2.53. The van der Waals surface area contributed by atoms with Gasteiger partial charge >= 0.3 is 0 Å². The van der Waals surface area contributed by atoms with E-state index in [1.807, 2.05) is 0 Å². The van der Waals surface area contributed by atoms with Crippen molar-refractivity contribution in [1.82, 2.24) is 10.9 Å². The largest absolute Gasteiger partial charge is 0.326 e. The number of hydrogen-bond acceptors (Lipinski definition) is 3. The van der Waals surface area contributed by atoms with E-state index in [4.69, 9.17) is 0 Å². The number of nitrogens with one attached hydrogen (secondary N) is 3. The van der Waals surface area contributed by atoms with Gasteiger partial charge in [0.2, 0.25) is 5.91 Å². The molecule has 2 aromatic rings. The standard InChI is InChI=1S/C16H14BrN3O3/c1-10(21)18-14-8-4-12(5-9-14)16(23)20-19-15(22)11-2-6-13(17)7-3-11/h2-9H,1H3,(H,18,21)(H,19,22)(H,20,23). The van der Waals surface area contributed by atoms with E-state index in [9.17, 15) is 14.4 Å². The monoisotopic (exact) mass is 375 g/mol. The minimum absolute atomic E-state index is 0.191. The molecule has 0 saturated heterocycles. The van der Waals surface area contributed by atoms with E-state index in [0.29, 0.717) is 16.8 Å². The second-order valence-electron chi connectivity index (χ2n) is 4.67. The molecule has 0 aliphatic carbocycles. The molecule has 0 radical (unpaired) electrons. The van der Waals surface area contributed by atoms with Crippen LogP contribution in [0.1, 0.15) is 27.6 Å². The van der Waals surface area contributed by atoms with Crippen LogP contribution in [0, 0.1) is 0 Å². The Morgan fingerprint density at radius 1 is 0.783 bits per heavy atom. The number of amides is 3. The summed E-state index contributed by atoms with van der Waals surface area (Å²) in [7, 11) is 0. The molecule has 0 bridgehead atoms. The number of carbonyl (C=O) groups is 3. The summed E-state index contributed by atoms with van der Waals surface area (Å²) < 4.78 is 0.859. The van der Waals surface area contributed by atoms with Crippen LogP contribution in [0.5, 0.6) is 0 Å². The van der Waals surface area contributed by atoms with Crippen LogP contribution >= 0.6 is 15.9 Å². The average molecular weight is 376 g/mol. The van der Waals surface area contributed by atoms with Crippen LogP contribution in [-0.4, -0.2) is 17.7 Å². The van der Waals surface area contributed by atoms with Gasteiger partial charge in [0.05, 0.1) is 0 Å². The second-order valence-corrected chi connectivity index (χ2v) is 5.59. The number of rotatable bonds is 3. The van der Waals surface area contributed by atoms with Gasteiger partial charge in [0, 0.05) is 28.2 Å². The number of anilines is 1. The zero-order valence-corrected chi connectivity index (χ0v) is 13.8. The van der Waals surface area contributed by atoms with Gasteiger partial charge in [0.1, 0.15) is 0 Å². The van der Waals surface area contributed by atoms with Crippen LogP contribution < -0.4 is 16.2 Å². The third-order valence-corrected chi connectivity index (χ3v) is 3.39. The van der Waals surface area contributed by atoms with Crippen molar-refractivity contribution in [2.24, 2.45) is 0 Å². The molecule has 0 spiro atoms. The van der Waals surface area contributed by atoms with Crippen molar-refractivity contribution < 1.29 is 14.4 Å². The third kappa shape index (κ3) is 4.93. The van der Waals surface area contributed by atoms with Gasteiger partial charge in [-0.1, -0.05) is 15.9 Å². The van der Waals surface area contributed by atoms with Crippen LogP contribution in [-0.2, 0) is 4.79 Å². The molecule has 3 amide bonds. The van der Waals surface area contributed by atoms with E-state index >= 15 is 0 Å². The maximum atomic E-state index is 11.9. The molecule has 0 aromatic heterocycles. The summed E-state index contributed by atoms with van der Waals surface area (Å²) in [5.74, 6) is -1.06. The molecule has 6 nitrogen and oxygen atoms in total. The fraction of sp³-hybridized carbons (Fsp3) is 0.0625. The highest BCUT2D eigenvalue weighted by molar-refractivity contribution is 9.10. The molecule has 0 aliphatic rings. The number of benzene rings is 2. The van der Waals surface area contributed by atoms with E-state index in [1.165, 1.54) is 6.92 Å². The van der Waals surface area contributed by atoms with Gasteiger partial charge in [-0.2, -0.15) is 0 Å². The zero-order chi connectivity index (χ0) is 16.8. The molecule has 0 heterocycles. The van der Waals surface area contributed by atoms with Gasteiger partial charge in [-0.05, 0) is 48.5 Å². The summed E-state index contributed by atoms with van der Waals surface area (Å²) >= 11 is 3.28. The fourth-order valence-electron chi connectivity index (χ4n) is 1.77. The smallest absolute Gasteiger partial charge is 0.269 e. The number of hydrogen-bond donors (Lipinski definition) is 3. The first-order valence-corrected chi connectivity index (χ1v) is 7.49. The van der Waals surface area contributed by atoms with Crippen molar-refractivity contribution in [3.8, 4) is 0 Å². The third-order valence-electron chi connectivity index (χ3n) is 2.86. The van der Waals surface area contributed by atoms with Gasteiger partial charge in [-0.25, -0.2) is 0 Å². The van der Waals surface area contributed by atoms with Crippen LogP contribution in [0.2, 0.25) is 0 Å². The lowest BCUT2D eigenvalue weighted by molar-refractivity contribution is -0.114. The molecule has 7 heteroatoms.